The summed E-state index contributed by atoms with van der Waals surface area (Å²) in [5, 5.41) is 3.25. The molecule has 0 aromatic carbocycles. The molecular weight excluding hydrogens is 305 g/mol. The third kappa shape index (κ3) is 4.78. The van der Waals surface area contributed by atoms with Crippen molar-refractivity contribution in [3.8, 4) is 0 Å². The third-order valence-electron chi connectivity index (χ3n) is 6.36. The van der Waals surface area contributed by atoms with Crippen LogP contribution >= 0.6 is 7.26 Å². The van der Waals surface area contributed by atoms with Gasteiger partial charge in [0, 0.05) is 0 Å². The van der Waals surface area contributed by atoms with Gasteiger partial charge >= 0.3 is 143 Å². The van der Waals surface area contributed by atoms with E-state index in [4.69, 9.17) is 0 Å². The van der Waals surface area contributed by atoms with E-state index < -0.39 is 12.8 Å². The molecule has 0 saturated carbocycles. The molecule has 0 spiro atoms. The first-order chi connectivity index (χ1) is 10.6. The summed E-state index contributed by atoms with van der Waals surface area (Å²) in [4.78, 5) is 25.3. The number of amides is 1. The number of nitrogens with one attached hydrogen (secondary N) is 1. The molecule has 4 heteroatoms. The van der Waals surface area contributed by atoms with Gasteiger partial charge in [-0.05, 0) is 0 Å². The number of carbonyl (C=O) groups excluding carboxylic acids is 2. The van der Waals surface area contributed by atoms with Crippen molar-refractivity contribution in [1.82, 2.24) is 5.32 Å². The molecule has 0 aromatic heterocycles. The van der Waals surface area contributed by atoms with Gasteiger partial charge in [0.2, 0.25) is 0 Å². The Balaban J connectivity index is 2.90. The molecule has 0 aliphatic carbocycles. The van der Waals surface area contributed by atoms with Crippen molar-refractivity contribution in [3.05, 3.63) is 0 Å². The molecule has 1 N–H and O–H groups in total. The number of hydrogen-bond donors (Lipinski definition) is 1. The van der Waals surface area contributed by atoms with Crippen LogP contribution in [0.4, 0.5) is 0 Å². The molecule has 136 valence electrons. The van der Waals surface area contributed by atoms with Gasteiger partial charge in [-0.3, -0.25) is 0 Å². The maximum absolute atomic E-state index is 12.7. The van der Waals surface area contributed by atoms with Crippen LogP contribution in [0.5, 0.6) is 0 Å². The zero-order valence-corrected chi connectivity index (χ0v) is 17.3. The van der Waals surface area contributed by atoms with Gasteiger partial charge in [-0.1, -0.05) is 0 Å². The number of carbonyl (C=O) groups is 2. The molecule has 1 unspecified atom stereocenters. The Hall–Kier alpha value is -0.430. The number of rotatable bonds is 10. The second-order valence-corrected chi connectivity index (χ2v) is 13.4. The Bertz CT molecular complexity index is 437. The molecule has 1 amide bonds. The van der Waals surface area contributed by atoms with Crippen molar-refractivity contribution in [2.24, 2.45) is 5.41 Å². The molecule has 23 heavy (non-hydrogen) atoms. The minimum atomic E-state index is -1.48. The van der Waals surface area contributed by atoms with E-state index in [2.05, 4.69) is 46.9 Å². The monoisotopic (exact) mass is 343 g/mol. The number of ketones is 1. The summed E-state index contributed by atoms with van der Waals surface area (Å²) in [5.41, 5.74) is -0.279. The zero-order valence-electron chi connectivity index (χ0n) is 16.3. The van der Waals surface area contributed by atoms with E-state index >= 15 is 0 Å². The summed E-state index contributed by atoms with van der Waals surface area (Å²) in [6, 6.07) is 0. The van der Waals surface area contributed by atoms with E-state index in [0.717, 1.165) is 19.0 Å². The third-order valence-corrected chi connectivity index (χ3v) is 11.8. The van der Waals surface area contributed by atoms with E-state index in [1.807, 2.05) is 6.92 Å². The SMILES string of the molecule is CCC(=O)C(C(C)(C)NC(=O)CC(C)(CC)CC)[PH]1(CC)CC1. The van der Waals surface area contributed by atoms with Crippen LogP contribution < -0.4 is 5.32 Å². The van der Waals surface area contributed by atoms with Gasteiger partial charge in [0.25, 0.3) is 0 Å². The Kier molecular flexibility index (Phi) is 6.84. The summed E-state index contributed by atoms with van der Waals surface area (Å²) in [5.74, 6) is 0.464. The normalized spacial score (nSPS) is 19.8. The first-order valence-electron chi connectivity index (χ1n) is 9.43. The molecule has 0 radical (unpaired) electrons. The molecule has 1 aliphatic rings. The standard InChI is InChI=1S/C19H38NO2P/c1-8-15(21)17(23(11-4)12-13-23)18(5,6)20-16(22)14-19(7,9-2)10-3/h17,23H,8-14H2,1-7H3,(H,20,22). The van der Waals surface area contributed by atoms with Gasteiger partial charge in [0.05, 0.1) is 0 Å². The minimum absolute atomic E-state index is 0.0594. The summed E-state index contributed by atoms with van der Waals surface area (Å²) >= 11 is 0. The van der Waals surface area contributed by atoms with Crippen molar-refractivity contribution in [2.75, 3.05) is 18.5 Å². The van der Waals surface area contributed by atoms with Crippen molar-refractivity contribution in [3.63, 3.8) is 0 Å². The van der Waals surface area contributed by atoms with E-state index in [-0.39, 0.29) is 17.0 Å². The second-order valence-electron chi connectivity index (χ2n) is 8.43. The van der Waals surface area contributed by atoms with Crippen molar-refractivity contribution in [1.29, 1.82) is 0 Å². The molecule has 1 rings (SSSR count). The predicted octanol–water partition coefficient (Wildman–Crippen LogP) is 4.23. The molecule has 1 atom stereocenters. The first-order valence-corrected chi connectivity index (χ1v) is 12.1. The molecule has 1 fully saturated rings. The van der Waals surface area contributed by atoms with Crippen molar-refractivity contribution >= 4 is 19.0 Å². The van der Waals surface area contributed by atoms with Crippen LogP contribution in [-0.4, -0.2) is 41.4 Å². The Labute approximate surface area is 143 Å². The molecule has 1 saturated heterocycles. The van der Waals surface area contributed by atoms with Crippen LogP contribution in [0.25, 0.3) is 0 Å². The maximum atomic E-state index is 12.7. The number of Topliss-reactive ketones (excluding diaryl/α,β-unsaturated/α-hetero) is 1. The second kappa shape index (κ2) is 7.64. The fraction of sp³-hybridized carbons (Fsp3) is 0.895. The van der Waals surface area contributed by atoms with Crippen LogP contribution in [0.2, 0.25) is 0 Å². The Morgan fingerprint density at radius 2 is 1.57 bits per heavy atom. The van der Waals surface area contributed by atoms with Crippen LogP contribution in [0.3, 0.4) is 0 Å². The van der Waals surface area contributed by atoms with Crippen LogP contribution in [0.15, 0.2) is 0 Å². The molecule has 1 heterocycles. The van der Waals surface area contributed by atoms with Crippen molar-refractivity contribution in [2.45, 2.75) is 85.3 Å². The van der Waals surface area contributed by atoms with E-state index in [0.29, 0.717) is 18.6 Å². The summed E-state index contributed by atoms with van der Waals surface area (Å²) in [7, 11) is -1.48. The predicted molar refractivity (Wildman–Crippen MR) is 103 cm³/mol. The Morgan fingerprint density at radius 1 is 1.04 bits per heavy atom. The van der Waals surface area contributed by atoms with Gasteiger partial charge in [0.15, 0.2) is 0 Å². The van der Waals surface area contributed by atoms with Crippen molar-refractivity contribution < 1.29 is 9.59 Å². The van der Waals surface area contributed by atoms with Gasteiger partial charge in [-0.15, -0.1) is 0 Å². The molecule has 0 aromatic rings. The van der Waals surface area contributed by atoms with E-state index in [1.165, 1.54) is 12.3 Å². The van der Waals surface area contributed by atoms with Crippen LogP contribution in [0.1, 0.15) is 74.1 Å². The van der Waals surface area contributed by atoms with Gasteiger partial charge in [0.1, 0.15) is 0 Å². The van der Waals surface area contributed by atoms with Gasteiger partial charge < -0.3 is 0 Å². The van der Waals surface area contributed by atoms with Gasteiger partial charge in [-0.25, -0.2) is 0 Å². The molecular formula is C19H38NO2P. The Morgan fingerprint density at radius 3 is 1.91 bits per heavy atom. The molecule has 1 aliphatic heterocycles. The average molecular weight is 343 g/mol. The molecule has 0 bridgehead atoms. The average Bonchev–Trinajstić information content (AvgIpc) is 3.26. The van der Waals surface area contributed by atoms with Crippen LogP contribution in [-0.2, 0) is 9.59 Å². The topological polar surface area (TPSA) is 46.2 Å². The fourth-order valence-corrected chi connectivity index (χ4v) is 9.55. The van der Waals surface area contributed by atoms with Gasteiger partial charge in [-0.2, -0.15) is 0 Å². The summed E-state index contributed by atoms with van der Waals surface area (Å²) in [6.45, 7) is 14.8. The first kappa shape index (κ1) is 20.6. The van der Waals surface area contributed by atoms with E-state index in [1.54, 1.807) is 0 Å². The summed E-state index contributed by atoms with van der Waals surface area (Å²) in [6.07, 6.45) is 6.80. The summed E-state index contributed by atoms with van der Waals surface area (Å²) < 4.78 is 0. The zero-order chi connectivity index (χ0) is 17.9. The van der Waals surface area contributed by atoms with E-state index in [9.17, 15) is 9.59 Å². The van der Waals surface area contributed by atoms with Crippen LogP contribution in [0, 0.1) is 5.41 Å². The molecule has 3 nitrogen and oxygen atoms in total. The quantitative estimate of drug-likeness (QED) is 0.603. The fourth-order valence-electron chi connectivity index (χ4n) is 4.08. The number of hydrogen-bond acceptors (Lipinski definition) is 2.